The second-order valence-electron chi connectivity index (χ2n) is 5.35. The fourth-order valence-corrected chi connectivity index (χ4v) is 3.62. The van der Waals surface area contributed by atoms with Crippen LogP contribution >= 0.6 is 46.1 Å². The molecule has 0 saturated carbocycles. The van der Waals surface area contributed by atoms with Gasteiger partial charge in [-0.05, 0) is 31.2 Å². The summed E-state index contributed by atoms with van der Waals surface area (Å²) in [7, 11) is 0. The predicted molar refractivity (Wildman–Crippen MR) is 108 cm³/mol. The first-order valence-corrected chi connectivity index (χ1v) is 9.48. The number of nitrogens with one attached hydrogen (secondary N) is 1. The van der Waals surface area contributed by atoms with Gasteiger partial charge in [0.05, 0.1) is 10.7 Å². The fraction of sp³-hybridized carbons (Fsp3) is 0.111. The summed E-state index contributed by atoms with van der Waals surface area (Å²) in [5.74, 6) is 0.0108. The Balaban J connectivity index is 1.66. The third-order valence-corrected chi connectivity index (χ3v) is 5.06. The number of carbonyl (C=O) groups excluding carboxylic acids is 1. The summed E-state index contributed by atoms with van der Waals surface area (Å²) in [4.78, 5) is 17.6. The smallest absolute Gasteiger partial charge is 0.264 e. The number of thiazole rings is 1. The van der Waals surface area contributed by atoms with E-state index >= 15 is 0 Å². The molecule has 26 heavy (non-hydrogen) atoms. The van der Waals surface area contributed by atoms with Gasteiger partial charge < -0.3 is 4.74 Å². The first kappa shape index (κ1) is 19.0. The maximum Gasteiger partial charge on any atom is 0.264 e. The highest BCUT2D eigenvalue weighted by Gasteiger charge is 2.13. The summed E-state index contributed by atoms with van der Waals surface area (Å²) in [6, 6.07) is 12.2. The number of ether oxygens (including phenoxy) is 1. The number of amides is 1. The van der Waals surface area contributed by atoms with Gasteiger partial charge >= 0.3 is 0 Å². The molecule has 4 nitrogen and oxygen atoms in total. The molecule has 1 aromatic heterocycles. The molecule has 0 atom stereocenters. The maximum absolute atomic E-state index is 12.1. The van der Waals surface area contributed by atoms with Crippen molar-refractivity contribution >= 4 is 57.2 Å². The monoisotopic (exact) mass is 426 g/mol. The van der Waals surface area contributed by atoms with Crippen molar-refractivity contribution in [2.45, 2.75) is 6.92 Å². The van der Waals surface area contributed by atoms with Crippen molar-refractivity contribution in [1.29, 1.82) is 0 Å². The van der Waals surface area contributed by atoms with Crippen molar-refractivity contribution in [3.63, 3.8) is 0 Å². The Morgan fingerprint density at radius 1 is 1.15 bits per heavy atom. The highest BCUT2D eigenvalue weighted by Crippen LogP contribution is 2.32. The molecule has 0 saturated heterocycles. The van der Waals surface area contributed by atoms with Gasteiger partial charge in [-0.25, -0.2) is 4.98 Å². The highest BCUT2D eigenvalue weighted by molar-refractivity contribution is 7.16. The zero-order valence-corrected chi connectivity index (χ0v) is 16.6. The first-order valence-electron chi connectivity index (χ1n) is 7.53. The number of carbonyl (C=O) groups is 1. The van der Waals surface area contributed by atoms with Crippen molar-refractivity contribution in [2.75, 3.05) is 11.9 Å². The molecular weight excluding hydrogens is 415 g/mol. The third-order valence-electron chi connectivity index (χ3n) is 3.39. The summed E-state index contributed by atoms with van der Waals surface area (Å²) in [6.45, 7) is 1.73. The Morgan fingerprint density at radius 3 is 2.69 bits per heavy atom. The van der Waals surface area contributed by atoms with Crippen LogP contribution in [-0.2, 0) is 4.79 Å². The summed E-state index contributed by atoms with van der Waals surface area (Å²) in [5.41, 5.74) is 1.68. The number of nitrogens with zero attached hydrogens (tertiary/aromatic N) is 1. The van der Waals surface area contributed by atoms with E-state index in [4.69, 9.17) is 39.5 Å². The van der Waals surface area contributed by atoms with Crippen LogP contribution in [0.3, 0.4) is 0 Å². The van der Waals surface area contributed by atoms with E-state index in [2.05, 4.69) is 10.3 Å². The molecule has 1 heterocycles. The number of hydrogen-bond donors (Lipinski definition) is 1. The van der Waals surface area contributed by atoms with Gasteiger partial charge in [0, 0.05) is 26.6 Å². The van der Waals surface area contributed by atoms with Crippen molar-refractivity contribution < 1.29 is 9.53 Å². The minimum absolute atomic E-state index is 0.203. The zero-order chi connectivity index (χ0) is 18.7. The van der Waals surface area contributed by atoms with E-state index in [1.54, 1.807) is 24.3 Å². The van der Waals surface area contributed by atoms with Crippen LogP contribution in [0.25, 0.3) is 11.3 Å². The molecule has 1 N–H and O–H groups in total. The molecule has 0 aliphatic carbocycles. The van der Waals surface area contributed by atoms with E-state index in [9.17, 15) is 4.79 Å². The maximum atomic E-state index is 12.1. The van der Waals surface area contributed by atoms with E-state index in [0.717, 1.165) is 16.1 Å². The summed E-state index contributed by atoms with van der Waals surface area (Å²) in [6.07, 6.45) is 0. The van der Waals surface area contributed by atoms with Crippen LogP contribution in [0, 0.1) is 6.92 Å². The van der Waals surface area contributed by atoms with Crippen LogP contribution in [0.4, 0.5) is 5.13 Å². The molecule has 0 aliphatic heterocycles. The van der Waals surface area contributed by atoms with Crippen LogP contribution in [0.1, 0.15) is 4.88 Å². The van der Waals surface area contributed by atoms with Gasteiger partial charge in [-0.1, -0.05) is 46.9 Å². The van der Waals surface area contributed by atoms with Crippen LogP contribution in [0.5, 0.6) is 5.75 Å². The van der Waals surface area contributed by atoms with Gasteiger partial charge in [0.25, 0.3) is 5.91 Å². The van der Waals surface area contributed by atoms with Crippen molar-refractivity contribution in [3.8, 4) is 17.0 Å². The summed E-state index contributed by atoms with van der Waals surface area (Å²) in [5, 5.41) is 4.71. The minimum atomic E-state index is -0.340. The normalized spacial score (nSPS) is 10.6. The Hall–Kier alpha value is -1.79. The van der Waals surface area contributed by atoms with Gasteiger partial charge in [0.2, 0.25) is 0 Å². The summed E-state index contributed by atoms with van der Waals surface area (Å²) >= 11 is 19.3. The molecule has 0 unspecified atom stereocenters. The SMILES string of the molecule is Cc1sc(NC(=O)COc2cc(Cl)ccc2Cl)nc1-c1cccc(Cl)c1. The predicted octanol–water partition coefficient (Wildman–Crippen LogP) is 6.10. The number of rotatable bonds is 5. The van der Waals surface area contributed by atoms with Crippen LogP contribution < -0.4 is 10.1 Å². The highest BCUT2D eigenvalue weighted by atomic mass is 35.5. The zero-order valence-electron chi connectivity index (χ0n) is 13.6. The van der Waals surface area contributed by atoms with E-state index in [0.29, 0.717) is 25.9 Å². The second kappa shape index (κ2) is 8.27. The number of aryl methyl sites for hydroxylation is 1. The molecule has 134 valence electrons. The Morgan fingerprint density at radius 2 is 1.92 bits per heavy atom. The third kappa shape index (κ3) is 4.68. The largest absolute Gasteiger partial charge is 0.482 e. The topological polar surface area (TPSA) is 51.2 Å². The van der Waals surface area contributed by atoms with Crippen molar-refractivity contribution in [3.05, 3.63) is 62.4 Å². The molecule has 0 radical (unpaired) electrons. The van der Waals surface area contributed by atoms with Crippen LogP contribution in [-0.4, -0.2) is 17.5 Å². The van der Waals surface area contributed by atoms with Crippen LogP contribution in [0.15, 0.2) is 42.5 Å². The average Bonchev–Trinajstić information content (AvgIpc) is 2.96. The van der Waals surface area contributed by atoms with E-state index in [-0.39, 0.29) is 12.5 Å². The van der Waals surface area contributed by atoms with Gasteiger partial charge in [0.15, 0.2) is 11.7 Å². The van der Waals surface area contributed by atoms with E-state index < -0.39 is 0 Å². The molecular formula is C18H13Cl3N2O2S. The Bertz CT molecular complexity index is 959. The lowest BCUT2D eigenvalue weighted by Gasteiger charge is -2.07. The number of aromatic nitrogens is 1. The van der Waals surface area contributed by atoms with Gasteiger partial charge in [0.1, 0.15) is 5.75 Å². The van der Waals surface area contributed by atoms with E-state index in [1.807, 2.05) is 25.1 Å². The average molecular weight is 428 g/mol. The van der Waals surface area contributed by atoms with Gasteiger partial charge in [-0.3, -0.25) is 10.1 Å². The molecule has 3 rings (SSSR count). The van der Waals surface area contributed by atoms with Gasteiger partial charge in [-0.2, -0.15) is 0 Å². The number of benzene rings is 2. The quantitative estimate of drug-likeness (QED) is 0.535. The van der Waals surface area contributed by atoms with E-state index in [1.165, 1.54) is 11.3 Å². The fourth-order valence-electron chi connectivity index (χ4n) is 2.24. The number of hydrogen-bond acceptors (Lipinski definition) is 4. The molecule has 0 spiro atoms. The number of halogens is 3. The van der Waals surface area contributed by atoms with Crippen LogP contribution in [0.2, 0.25) is 15.1 Å². The standard InChI is InChI=1S/C18H13Cl3N2O2S/c1-10-17(11-3-2-4-12(19)7-11)23-18(26-10)22-16(24)9-25-15-8-13(20)5-6-14(15)21/h2-8H,9H2,1H3,(H,22,23,24). The molecule has 3 aromatic rings. The summed E-state index contributed by atoms with van der Waals surface area (Å²) < 4.78 is 5.42. The van der Waals surface area contributed by atoms with Gasteiger partial charge in [-0.15, -0.1) is 11.3 Å². The molecule has 1 amide bonds. The minimum Gasteiger partial charge on any atom is -0.482 e. The first-order chi connectivity index (χ1) is 12.4. The lowest BCUT2D eigenvalue weighted by molar-refractivity contribution is -0.118. The van der Waals surface area contributed by atoms with Crippen molar-refractivity contribution in [1.82, 2.24) is 4.98 Å². The Labute approximate surface area is 169 Å². The molecule has 0 aliphatic rings. The lowest BCUT2D eigenvalue weighted by atomic mass is 10.1. The molecule has 8 heteroatoms. The van der Waals surface area contributed by atoms with Crippen molar-refractivity contribution in [2.24, 2.45) is 0 Å². The second-order valence-corrected chi connectivity index (χ2v) is 7.83. The Kier molecular flexibility index (Phi) is 6.04. The lowest BCUT2D eigenvalue weighted by Crippen LogP contribution is -2.20. The molecule has 2 aromatic carbocycles. The number of anilines is 1. The molecule has 0 bridgehead atoms. The molecule has 0 fully saturated rings.